The Morgan fingerprint density at radius 3 is 2.15 bits per heavy atom. The molecular formula is C16H24F3NO4S3. The van der Waals surface area contributed by atoms with Gasteiger partial charge in [-0.1, -0.05) is 31.5 Å². The SMILES string of the molecule is CCCCS(=O)(=O)N(c1ccccc1)S(=O)(=O)CC(CCSC)C(F)(F)F. The van der Waals surface area contributed by atoms with E-state index in [9.17, 15) is 30.0 Å². The molecule has 0 bridgehead atoms. The number of alkyl halides is 3. The van der Waals surface area contributed by atoms with E-state index in [4.69, 9.17) is 0 Å². The number of benzene rings is 1. The highest BCUT2D eigenvalue weighted by atomic mass is 32.3. The molecular weight excluding hydrogens is 423 g/mol. The molecule has 0 heterocycles. The Morgan fingerprint density at radius 1 is 1.07 bits per heavy atom. The van der Waals surface area contributed by atoms with Crippen molar-refractivity contribution in [2.75, 3.05) is 27.2 Å². The van der Waals surface area contributed by atoms with Crippen LogP contribution in [0.15, 0.2) is 30.3 Å². The first-order valence-electron chi connectivity index (χ1n) is 8.32. The van der Waals surface area contributed by atoms with Crippen molar-refractivity contribution in [1.82, 2.24) is 0 Å². The topological polar surface area (TPSA) is 71.5 Å². The summed E-state index contributed by atoms with van der Waals surface area (Å²) >= 11 is 1.17. The molecule has 0 fully saturated rings. The van der Waals surface area contributed by atoms with Crippen LogP contribution < -0.4 is 3.71 Å². The van der Waals surface area contributed by atoms with Gasteiger partial charge in [-0.15, -0.1) is 0 Å². The summed E-state index contributed by atoms with van der Waals surface area (Å²) in [6.07, 6.45) is -2.82. The van der Waals surface area contributed by atoms with E-state index < -0.39 is 50.1 Å². The molecule has 27 heavy (non-hydrogen) atoms. The molecule has 0 saturated heterocycles. The second-order valence-electron chi connectivity index (χ2n) is 6.00. The van der Waals surface area contributed by atoms with Crippen molar-refractivity contribution in [3.8, 4) is 0 Å². The molecule has 0 radical (unpaired) electrons. The minimum absolute atomic E-state index is 0.119. The minimum atomic E-state index is -4.76. The average Bonchev–Trinajstić information content (AvgIpc) is 2.56. The number of rotatable bonds is 11. The van der Waals surface area contributed by atoms with Crippen LogP contribution in [-0.2, 0) is 20.0 Å². The lowest BCUT2D eigenvalue weighted by Crippen LogP contribution is -2.43. The predicted octanol–water partition coefficient (Wildman–Crippen LogP) is 3.88. The number of sulfonamides is 2. The van der Waals surface area contributed by atoms with Crippen molar-refractivity contribution in [3.63, 3.8) is 0 Å². The van der Waals surface area contributed by atoms with Gasteiger partial charge in [-0.3, -0.25) is 0 Å². The Kier molecular flexibility index (Phi) is 8.94. The summed E-state index contributed by atoms with van der Waals surface area (Å²) in [6.45, 7) is 1.74. The Balaban J connectivity index is 3.34. The molecule has 0 amide bonds. The van der Waals surface area contributed by atoms with Gasteiger partial charge in [0, 0.05) is 0 Å². The number of hydrogen-bond donors (Lipinski definition) is 0. The van der Waals surface area contributed by atoms with Crippen LogP contribution in [0.2, 0.25) is 0 Å². The average molecular weight is 448 g/mol. The van der Waals surface area contributed by atoms with E-state index in [1.807, 2.05) is 0 Å². The summed E-state index contributed by atoms with van der Waals surface area (Å²) in [5, 5.41) is 0. The molecule has 1 unspecified atom stereocenters. The Labute approximate surface area is 163 Å². The smallest absolute Gasteiger partial charge is 0.205 e. The lowest BCUT2D eigenvalue weighted by atomic mass is 10.1. The summed E-state index contributed by atoms with van der Waals surface area (Å²) < 4.78 is 91.0. The van der Waals surface area contributed by atoms with Gasteiger partial charge < -0.3 is 0 Å². The summed E-state index contributed by atoms with van der Waals surface area (Å²) in [4.78, 5) is 0. The molecule has 0 aliphatic carbocycles. The van der Waals surface area contributed by atoms with Crippen molar-refractivity contribution in [2.45, 2.75) is 32.4 Å². The highest BCUT2D eigenvalue weighted by molar-refractivity contribution is 8.10. The number of nitrogens with zero attached hydrogens (tertiary/aromatic N) is 1. The highest BCUT2D eigenvalue weighted by Crippen LogP contribution is 2.33. The van der Waals surface area contributed by atoms with Crippen LogP contribution in [0, 0.1) is 5.92 Å². The van der Waals surface area contributed by atoms with E-state index in [0.29, 0.717) is 6.42 Å². The maximum absolute atomic E-state index is 13.3. The molecule has 1 aromatic rings. The Hall–Kier alpha value is -0.940. The van der Waals surface area contributed by atoms with E-state index >= 15 is 0 Å². The van der Waals surface area contributed by atoms with Crippen LogP contribution in [-0.4, -0.2) is 46.5 Å². The number of hydrogen-bond acceptors (Lipinski definition) is 5. The lowest BCUT2D eigenvalue weighted by Gasteiger charge is -2.27. The molecule has 0 aromatic heterocycles. The number of thioether (sulfide) groups is 1. The zero-order chi connectivity index (χ0) is 20.7. The van der Waals surface area contributed by atoms with Gasteiger partial charge in [0.15, 0.2) is 0 Å². The first-order chi connectivity index (χ1) is 12.5. The van der Waals surface area contributed by atoms with Crippen molar-refractivity contribution in [2.24, 2.45) is 5.92 Å². The first-order valence-corrected chi connectivity index (χ1v) is 12.9. The fourth-order valence-electron chi connectivity index (χ4n) is 2.38. The van der Waals surface area contributed by atoms with Crippen molar-refractivity contribution in [1.29, 1.82) is 0 Å². The molecule has 0 aliphatic heterocycles. The van der Waals surface area contributed by atoms with Gasteiger partial charge in [0.25, 0.3) is 0 Å². The summed E-state index contributed by atoms with van der Waals surface area (Å²) in [5.74, 6) is -3.79. The zero-order valence-corrected chi connectivity index (χ0v) is 17.6. The fourth-order valence-corrected chi connectivity index (χ4v) is 7.39. The third-order valence-corrected chi connectivity index (χ3v) is 8.84. The number of anilines is 1. The predicted molar refractivity (Wildman–Crippen MR) is 104 cm³/mol. The zero-order valence-electron chi connectivity index (χ0n) is 15.1. The molecule has 11 heteroatoms. The van der Waals surface area contributed by atoms with Gasteiger partial charge >= 0.3 is 6.18 Å². The number of halogens is 3. The maximum atomic E-state index is 13.3. The highest BCUT2D eigenvalue weighted by Gasteiger charge is 2.45. The summed E-state index contributed by atoms with van der Waals surface area (Å²) in [5.41, 5.74) is -0.181. The Morgan fingerprint density at radius 2 is 1.67 bits per heavy atom. The molecule has 156 valence electrons. The quantitative estimate of drug-likeness (QED) is 0.515. The molecule has 0 spiro atoms. The van der Waals surface area contributed by atoms with Gasteiger partial charge in [-0.2, -0.15) is 28.6 Å². The standard InChI is InChI=1S/C16H24F3NO4S3/c1-3-4-12-26(21,22)20(15-8-6-5-7-9-15)27(23,24)13-14(10-11-25-2)16(17,18)19/h5-9,14H,3-4,10-13H2,1-2H3. The third kappa shape index (κ3) is 7.19. The van der Waals surface area contributed by atoms with E-state index in [-0.39, 0.29) is 21.6 Å². The summed E-state index contributed by atoms with van der Waals surface area (Å²) in [7, 11) is -9.09. The number of unbranched alkanes of at least 4 members (excludes halogenated alkanes) is 1. The van der Waals surface area contributed by atoms with Crippen LogP contribution in [0.1, 0.15) is 26.2 Å². The van der Waals surface area contributed by atoms with Gasteiger partial charge in [0.2, 0.25) is 20.0 Å². The normalized spacial score (nSPS) is 14.1. The largest absolute Gasteiger partial charge is 0.392 e. The van der Waals surface area contributed by atoms with E-state index in [2.05, 4.69) is 0 Å². The number of para-hydroxylation sites is 1. The van der Waals surface area contributed by atoms with Crippen LogP contribution in [0.5, 0.6) is 0 Å². The van der Waals surface area contributed by atoms with Crippen molar-refractivity contribution >= 4 is 37.5 Å². The Bertz CT molecular complexity index is 781. The molecule has 0 saturated carbocycles. The lowest BCUT2D eigenvalue weighted by molar-refractivity contribution is -0.168. The van der Waals surface area contributed by atoms with Gasteiger partial charge in [-0.05, 0) is 37.0 Å². The van der Waals surface area contributed by atoms with Gasteiger partial charge in [0.1, 0.15) is 0 Å². The van der Waals surface area contributed by atoms with Crippen molar-refractivity contribution in [3.05, 3.63) is 30.3 Å². The third-order valence-electron chi connectivity index (χ3n) is 3.77. The van der Waals surface area contributed by atoms with Crippen LogP contribution in [0.3, 0.4) is 0 Å². The van der Waals surface area contributed by atoms with Crippen LogP contribution >= 0.6 is 11.8 Å². The van der Waals surface area contributed by atoms with Gasteiger partial charge in [-0.25, -0.2) is 16.8 Å². The molecule has 1 atom stereocenters. The second-order valence-corrected chi connectivity index (χ2v) is 11.0. The minimum Gasteiger partial charge on any atom is -0.205 e. The molecule has 5 nitrogen and oxygen atoms in total. The molecule has 0 N–H and O–H groups in total. The molecule has 0 aliphatic rings. The second kappa shape index (κ2) is 10.0. The van der Waals surface area contributed by atoms with E-state index in [0.717, 1.165) is 0 Å². The van der Waals surface area contributed by atoms with Gasteiger partial charge in [0.05, 0.1) is 23.1 Å². The van der Waals surface area contributed by atoms with E-state index in [1.165, 1.54) is 36.0 Å². The monoisotopic (exact) mass is 447 g/mol. The maximum Gasteiger partial charge on any atom is 0.392 e. The summed E-state index contributed by atoms with van der Waals surface area (Å²) in [6, 6.07) is 6.94. The molecule has 1 rings (SSSR count). The first kappa shape index (κ1) is 24.1. The van der Waals surface area contributed by atoms with Crippen LogP contribution in [0.25, 0.3) is 0 Å². The van der Waals surface area contributed by atoms with Crippen molar-refractivity contribution < 1.29 is 30.0 Å². The van der Waals surface area contributed by atoms with Crippen LogP contribution in [0.4, 0.5) is 18.9 Å². The molecule has 1 aromatic carbocycles. The van der Waals surface area contributed by atoms with E-state index in [1.54, 1.807) is 19.2 Å². The fraction of sp³-hybridized carbons (Fsp3) is 0.625.